The smallest absolute Gasteiger partial charge is 0.253 e. The second kappa shape index (κ2) is 7.65. The largest absolute Gasteiger partial charge is 0.344 e. The molecule has 0 aliphatic carbocycles. The van der Waals surface area contributed by atoms with Crippen molar-refractivity contribution in [1.82, 2.24) is 9.62 Å². The van der Waals surface area contributed by atoms with E-state index in [1.54, 1.807) is 11.3 Å². The van der Waals surface area contributed by atoms with Crippen molar-refractivity contribution in [2.45, 2.75) is 24.3 Å². The number of benzene rings is 1. The first-order chi connectivity index (χ1) is 11.3. The van der Waals surface area contributed by atoms with Gasteiger partial charge in [0, 0.05) is 19.0 Å². The topological polar surface area (TPSA) is 66.5 Å². The number of halogens is 1. The van der Waals surface area contributed by atoms with E-state index < -0.39 is 15.9 Å². The zero-order valence-corrected chi connectivity index (χ0v) is 16.0. The third-order valence-electron chi connectivity index (χ3n) is 3.56. The van der Waals surface area contributed by atoms with Crippen LogP contribution in [0.25, 0.3) is 0 Å². The van der Waals surface area contributed by atoms with Crippen molar-refractivity contribution in [3.63, 3.8) is 0 Å². The highest BCUT2D eigenvalue weighted by Crippen LogP contribution is 2.25. The molecule has 0 saturated carbocycles. The van der Waals surface area contributed by atoms with E-state index in [9.17, 15) is 13.2 Å². The van der Waals surface area contributed by atoms with Crippen LogP contribution in [-0.2, 0) is 10.0 Å². The highest BCUT2D eigenvalue weighted by atomic mass is 35.5. The Labute approximate surface area is 151 Å². The van der Waals surface area contributed by atoms with Gasteiger partial charge in [-0.25, -0.2) is 12.7 Å². The normalized spacial score (nSPS) is 13.0. The summed E-state index contributed by atoms with van der Waals surface area (Å²) in [5.74, 6) is -0.393. The molecule has 1 amide bonds. The van der Waals surface area contributed by atoms with Gasteiger partial charge in [-0.05, 0) is 36.1 Å². The number of hydrogen-bond acceptors (Lipinski definition) is 4. The Kier molecular flexibility index (Phi) is 6.03. The van der Waals surface area contributed by atoms with Crippen molar-refractivity contribution < 1.29 is 13.2 Å². The zero-order valence-electron chi connectivity index (χ0n) is 13.6. The second-order valence-corrected chi connectivity index (χ2v) is 8.92. The van der Waals surface area contributed by atoms with E-state index in [1.807, 2.05) is 24.4 Å². The van der Waals surface area contributed by atoms with Gasteiger partial charge < -0.3 is 5.32 Å². The number of hydrogen-bond donors (Lipinski definition) is 1. The molecule has 1 atom stereocenters. The minimum atomic E-state index is -3.63. The van der Waals surface area contributed by atoms with Gasteiger partial charge >= 0.3 is 0 Å². The van der Waals surface area contributed by atoms with E-state index in [-0.39, 0.29) is 21.5 Å². The Hall–Kier alpha value is -1.41. The number of sulfonamides is 1. The Balaban J connectivity index is 2.32. The summed E-state index contributed by atoms with van der Waals surface area (Å²) in [6.07, 6.45) is 0.722. The number of carbonyl (C=O) groups is 1. The van der Waals surface area contributed by atoms with Crippen LogP contribution >= 0.6 is 22.9 Å². The van der Waals surface area contributed by atoms with Gasteiger partial charge in [0.2, 0.25) is 10.0 Å². The number of nitrogens with zero attached hydrogens (tertiary/aromatic N) is 1. The number of amides is 1. The molecule has 24 heavy (non-hydrogen) atoms. The molecule has 8 heteroatoms. The lowest BCUT2D eigenvalue weighted by molar-refractivity contribution is 0.0936. The number of carbonyl (C=O) groups excluding carboxylic acids is 1. The molecule has 1 unspecified atom stereocenters. The quantitative estimate of drug-likeness (QED) is 0.825. The first-order valence-electron chi connectivity index (χ1n) is 7.33. The monoisotopic (exact) mass is 386 g/mol. The molecule has 1 N–H and O–H groups in total. The molecule has 2 aromatic rings. The van der Waals surface area contributed by atoms with Crippen molar-refractivity contribution in [3.05, 3.63) is 51.2 Å². The molecule has 0 aliphatic rings. The maximum Gasteiger partial charge on any atom is 0.253 e. The molecule has 1 aromatic heterocycles. The van der Waals surface area contributed by atoms with Crippen LogP contribution in [0.15, 0.2) is 40.6 Å². The summed E-state index contributed by atoms with van der Waals surface area (Å²) in [5.41, 5.74) is 0.148. The van der Waals surface area contributed by atoms with Gasteiger partial charge in [-0.1, -0.05) is 24.6 Å². The summed E-state index contributed by atoms with van der Waals surface area (Å²) in [7, 11) is -0.754. The van der Waals surface area contributed by atoms with Crippen molar-refractivity contribution in [2.24, 2.45) is 0 Å². The molecule has 0 aliphatic heterocycles. The minimum absolute atomic E-state index is 0.0335. The molecule has 1 heterocycles. The SMILES string of the molecule is CCC(NC(=O)c1cc(S(=O)(=O)N(C)C)ccc1Cl)c1cccs1. The second-order valence-electron chi connectivity index (χ2n) is 5.38. The van der Waals surface area contributed by atoms with Gasteiger partial charge in [-0.3, -0.25) is 4.79 Å². The average molecular weight is 387 g/mol. The predicted octanol–water partition coefficient (Wildman–Crippen LogP) is 3.53. The van der Waals surface area contributed by atoms with Crippen molar-refractivity contribution in [3.8, 4) is 0 Å². The standard InChI is InChI=1S/C16H19ClN2O3S2/c1-4-14(15-6-5-9-23-15)18-16(20)12-10-11(7-8-13(12)17)24(21,22)19(2)3/h5-10,14H,4H2,1-3H3,(H,18,20). The van der Waals surface area contributed by atoms with E-state index >= 15 is 0 Å². The molecule has 5 nitrogen and oxygen atoms in total. The fraction of sp³-hybridized carbons (Fsp3) is 0.312. The van der Waals surface area contributed by atoms with Crippen LogP contribution in [0.3, 0.4) is 0 Å². The molecule has 2 rings (SSSR count). The van der Waals surface area contributed by atoms with Crippen LogP contribution in [0.1, 0.15) is 34.6 Å². The van der Waals surface area contributed by atoms with Gasteiger partial charge in [0.15, 0.2) is 0 Å². The Morgan fingerprint density at radius 1 is 1.33 bits per heavy atom. The molecule has 0 saturated heterocycles. The zero-order chi connectivity index (χ0) is 17.9. The van der Waals surface area contributed by atoms with Gasteiger partial charge in [0.1, 0.15) is 0 Å². The number of rotatable bonds is 6. The summed E-state index contributed by atoms with van der Waals surface area (Å²) in [4.78, 5) is 13.7. The number of nitrogens with one attached hydrogen (secondary N) is 1. The molecular formula is C16H19ClN2O3S2. The van der Waals surface area contributed by atoms with E-state index in [1.165, 1.54) is 32.3 Å². The lowest BCUT2D eigenvalue weighted by Crippen LogP contribution is -2.28. The molecule has 0 radical (unpaired) electrons. The van der Waals surface area contributed by atoms with Crippen LogP contribution in [0.4, 0.5) is 0 Å². The van der Waals surface area contributed by atoms with Crippen LogP contribution in [0.5, 0.6) is 0 Å². The molecular weight excluding hydrogens is 368 g/mol. The predicted molar refractivity (Wildman–Crippen MR) is 97.1 cm³/mol. The summed E-state index contributed by atoms with van der Waals surface area (Å²) in [6.45, 7) is 1.97. The molecule has 0 bridgehead atoms. The average Bonchev–Trinajstić information content (AvgIpc) is 3.06. The van der Waals surface area contributed by atoms with Crippen LogP contribution in [-0.4, -0.2) is 32.7 Å². The number of thiophene rings is 1. The summed E-state index contributed by atoms with van der Waals surface area (Å²) in [5, 5.41) is 5.07. The molecule has 0 spiro atoms. The lowest BCUT2D eigenvalue weighted by atomic mass is 10.1. The molecule has 1 aromatic carbocycles. The first-order valence-corrected chi connectivity index (χ1v) is 10.0. The van der Waals surface area contributed by atoms with Crippen LogP contribution in [0, 0.1) is 0 Å². The lowest BCUT2D eigenvalue weighted by Gasteiger charge is -2.17. The van der Waals surface area contributed by atoms with Crippen molar-refractivity contribution in [2.75, 3.05) is 14.1 Å². The maximum atomic E-state index is 12.6. The Morgan fingerprint density at radius 2 is 2.04 bits per heavy atom. The van der Waals surface area contributed by atoms with Crippen LogP contribution < -0.4 is 5.32 Å². The minimum Gasteiger partial charge on any atom is -0.344 e. The van der Waals surface area contributed by atoms with Gasteiger partial charge in [0.05, 0.1) is 21.5 Å². The van der Waals surface area contributed by atoms with E-state index in [0.29, 0.717) is 0 Å². The summed E-state index contributed by atoms with van der Waals surface area (Å²) >= 11 is 7.66. The first kappa shape index (κ1) is 18.9. The highest BCUT2D eigenvalue weighted by molar-refractivity contribution is 7.89. The van der Waals surface area contributed by atoms with Crippen LogP contribution in [0.2, 0.25) is 5.02 Å². The maximum absolute atomic E-state index is 12.6. The fourth-order valence-electron chi connectivity index (χ4n) is 2.15. The van der Waals surface area contributed by atoms with Gasteiger partial charge in [-0.15, -0.1) is 11.3 Å². The van der Waals surface area contributed by atoms with E-state index in [4.69, 9.17) is 11.6 Å². The third kappa shape index (κ3) is 3.97. The Bertz CT molecular complexity index is 818. The molecule has 0 fully saturated rings. The molecule has 130 valence electrons. The highest BCUT2D eigenvalue weighted by Gasteiger charge is 2.22. The van der Waals surface area contributed by atoms with Gasteiger partial charge in [-0.2, -0.15) is 0 Å². The summed E-state index contributed by atoms with van der Waals surface area (Å²) < 4.78 is 25.6. The van der Waals surface area contributed by atoms with E-state index in [2.05, 4.69) is 5.32 Å². The van der Waals surface area contributed by atoms with E-state index in [0.717, 1.165) is 15.6 Å². The van der Waals surface area contributed by atoms with Crippen molar-refractivity contribution in [1.29, 1.82) is 0 Å². The fourth-order valence-corrected chi connectivity index (χ4v) is 4.14. The Morgan fingerprint density at radius 3 is 2.58 bits per heavy atom. The van der Waals surface area contributed by atoms with Gasteiger partial charge in [0.25, 0.3) is 5.91 Å². The summed E-state index contributed by atoms with van der Waals surface area (Å²) in [6, 6.07) is 7.88. The van der Waals surface area contributed by atoms with Crippen molar-refractivity contribution >= 4 is 38.9 Å². The third-order valence-corrected chi connectivity index (χ3v) is 6.69.